The minimum atomic E-state index is -3.94. The van der Waals surface area contributed by atoms with E-state index < -0.39 is 20.6 Å². The first-order chi connectivity index (χ1) is 10.4. The molecule has 2 fully saturated rings. The average Bonchev–Trinajstić information content (AvgIpc) is 2.77. The maximum atomic E-state index is 12.8. The number of hydrogen-bond acceptors (Lipinski definition) is 5. The molecule has 2 heterocycles. The number of fused-ring (bicyclic) bond motifs is 2. The minimum Gasteiger partial charge on any atom is -0.310 e. The van der Waals surface area contributed by atoms with Crippen LogP contribution in [0, 0.1) is 10.1 Å². The molecule has 2 aliphatic rings. The van der Waals surface area contributed by atoms with Gasteiger partial charge in [0.2, 0.25) is 10.0 Å². The molecule has 23 heavy (non-hydrogen) atoms. The van der Waals surface area contributed by atoms with Crippen molar-refractivity contribution in [3.8, 4) is 0 Å². The molecule has 128 valence electrons. The molecule has 1 aromatic carbocycles. The summed E-state index contributed by atoms with van der Waals surface area (Å²) in [5, 5.41) is 14.7. The molecule has 2 unspecified atom stereocenters. The Hall–Kier alpha value is -0.930. The number of sulfonamides is 1. The lowest BCUT2D eigenvalue weighted by Gasteiger charge is -2.23. The van der Waals surface area contributed by atoms with Gasteiger partial charge in [0.15, 0.2) is 4.90 Å². The normalized spacial score (nSPS) is 24.7. The summed E-state index contributed by atoms with van der Waals surface area (Å²) in [6, 6.07) is 4.06. The minimum absolute atomic E-state index is 0. The van der Waals surface area contributed by atoms with Crippen LogP contribution in [0.1, 0.15) is 19.3 Å². The lowest BCUT2D eigenvalue weighted by Crippen LogP contribution is -2.39. The van der Waals surface area contributed by atoms with E-state index in [1.807, 2.05) is 0 Å². The lowest BCUT2D eigenvalue weighted by molar-refractivity contribution is -0.387. The Bertz CT molecular complexity index is 713. The van der Waals surface area contributed by atoms with Gasteiger partial charge < -0.3 is 5.32 Å². The summed E-state index contributed by atoms with van der Waals surface area (Å²) in [5.74, 6) is 0. The van der Waals surface area contributed by atoms with Gasteiger partial charge in [-0.1, -0.05) is 11.6 Å². The second-order valence-corrected chi connectivity index (χ2v) is 8.00. The molecule has 2 aliphatic heterocycles. The van der Waals surface area contributed by atoms with Crippen LogP contribution >= 0.6 is 24.0 Å². The second-order valence-electron chi connectivity index (χ2n) is 5.66. The molecule has 0 spiro atoms. The zero-order valence-corrected chi connectivity index (χ0v) is 14.5. The Balaban J connectivity index is 0.00000192. The van der Waals surface area contributed by atoms with E-state index in [9.17, 15) is 18.5 Å². The van der Waals surface area contributed by atoms with Crippen LogP contribution in [0.4, 0.5) is 5.69 Å². The van der Waals surface area contributed by atoms with Gasteiger partial charge in [0.05, 0.1) is 4.92 Å². The predicted octanol–water partition coefficient (Wildman–Crippen LogP) is 2.19. The third-order valence-corrected chi connectivity index (χ3v) is 6.35. The highest BCUT2D eigenvalue weighted by Gasteiger charge is 2.37. The summed E-state index contributed by atoms with van der Waals surface area (Å²) in [6.07, 6.45) is 2.69. The van der Waals surface area contributed by atoms with Crippen LogP contribution in [-0.2, 0) is 10.0 Å². The van der Waals surface area contributed by atoms with Crippen LogP contribution in [0.15, 0.2) is 23.1 Å². The molecular weight excluding hydrogens is 365 g/mol. The number of nitro benzene ring substituents is 1. The Morgan fingerprint density at radius 1 is 1.26 bits per heavy atom. The quantitative estimate of drug-likeness (QED) is 0.639. The first kappa shape index (κ1) is 18.4. The van der Waals surface area contributed by atoms with E-state index >= 15 is 0 Å². The molecule has 10 heteroatoms. The first-order valence-corrected chi connectivity index (χ1v) is 8.90. The Labute approximate surface area is 145 Å². The van der Waals surface area contributed by atoms with Gasteiger partial charge in [-0.25, -0.2) is 8.42 Å². The van der Waals surface area contributed by atoms with E-state index in [-0.39, 0.29) is 28.4 Å². The second kappa shape index (κ2) is 6.90. The van der Waals surface area contributed by atoms with Crippen molar-refractivity contribution in [2.45, 2.75) is 36.2 Å². The number of hydrogen-bond donors (Lipinski definition) is 1. The number of nitro groups is 1. The van der Waals surface area contributed by atoms with Gasteiger partial charge >= 0.3 is 0 Å². The molecule has 0 saturated carbocycles. The molecule has 1 N–H and O–H groups in total. The topological polar surface area (TPSA) is 92.5 Å². The number of benzene rings is 1. The van der Waals surface area contributed by atoms with Crippen molar-refractivity contribution in [3.05, 3.63) is 33.3 Å². The van der Waals surface area contributed by atoms with Crippen molar-refractivity contribution in [1.29, 1.82) is 0 Å². The Morgan fingerprint density at radius 2 is 1.96 bits per heavy atom. The van der Waals surface area contributed by atoms with Gasteiger partial charge in [-0.05, 0) is 31.4 Å². The van der Waals surface area contributed by atoms with Gasteiger partial charge in [-0.2, -0.15) is 4.31 Å². The molecule has 0 amide bonds. The third-order valence-electron chi connectivity index (χ3n) is 4.22. The van der Waals surface area contributed by atoms with Crippen molar-refractivity contribution >= 4 is 39.7 Å². The van der Waals surface area contributed by atoms with Crippen LogP contribution in [0.3, 0.4) is 0 Å². The van der Waals surface area contributed by atoms with E-state index in [1.165, 1.54) is 10.4 Å². The van der Waals surface area contributed by atoms with Gasteiger partial charge in [0.1, 0.15) is 0 Å². The Kier molecular flexibility index (Phi) is 5.52. The van der Waals surface area contributed by atoms with Gasteiger partial charge in [-0.15, -0.1) is 12.4 Å². The average molecular weight is 382 g/mol. The molecular formula is C13H17Cl2N3O4S. The Morgan fingerprint density at radius 3 is 2.65 bits per heavy atom. The number of nitrogens with zero attached hydrogens (tertiary/aromatic N) is 2. The van der Waals surface area contributed by atoms with Crippen LogP contribution in [0.5, 0.6) is 0 Å². The van der Waals surface area contributed by atoms with Gasteiger partial charge in [0, 0.05) is 36.3 Å². The first-order valence-electron chi connectivity index (χ1n) is 7.08. The van der Waals surface area contributed by atoms with Crippen molar-refractivity contribution < 1.29 is 13.3 Å². The molecule has 0 aliphatic carbocycles. The highest BCUT2D eigenvalue weighted by atomic mass is 35.5. The SMILES string of the molecule is Cl.O=[N+]([O-])c1ccc(Cl)cc1S(=O)(=O)N1CCC2CCC(C1)N2. The fourth-order valence-electron chi connectivity index (χ4n) is 3.11. The molecule has 0 aromatic heterocycles. The van der Waals surface area contributed by atoms with Crippen molar-refractivity contribution in [1.82, 2.24) is 9.62 Å². The highest BCUT2D eigenvalue weighted by Crippen LogP contribution is 2.31. The fourth-order valence-corrected chi connectivity index (χ4v) is 5.03. The summed E-state index contributed by atoms with van der Waals surface area (Å²) in [4.78, 5) is 10.1. The zero-order valence-electron chi connectivity index (χ0n) is 12.1. The zero-order chi connectivity index (χ0) is 15.9. The van der Waals surface area contributed by atoms with E-state index in [4.69, 9.17) is 11.6 Å². The molecule has 2 saturated heterocycles. The van der Waals surface area contributed by atoms with Crippen LogP contribution < -0.4 is 5.32 Å². The number of rotatable bonds is 3. The van der Waals surface area contributed by atoms with Crippen molar-refractivity contribution in [2.24, 2.45) is 0 Å². The van der Waals surface area contributed by atoms with Gasteiger partial charge in [0.25, 0.3) is 5.69 Å². The molecule has 2 bridgehead atoms. The van der Waals surface area contributed by atoms with Crippen LogP contribution in [-0.4, -0.2) is 42.8 Å². The molecule has 7 nitrogen and oxygen atoms in total. The van der Waals surface area contributed by atoms with E-state index in [1.54, 1.807) is 0 Å². The van der Waals surface area contributed by atoms with Gasteiger partial charge in [-0.3, -0.25) is 10.1 Å². The summed E-state index contributed by atoms with van der Waals surface area (Å²) in [6.45, 7) is 0.697. The standard InChI is InChI=1S/C13H16ClN3O4S.ClH/c14-9-1-4-12(17(18)19)13(7-9)22(20,21)16-6-5-10-2-3-11(8-16)15-10;/h1,4,7,10-11,15H,2-3,5-6,8H2;1H. The number of nitrogens with one attached hydrogen (secondary N) is 1. The maximum Gasteiger partial charge on any atom is 0.289 e. The smallest absolute Gasteiger partial charge is 0.289 e. The summed E-state index contributed by atoms with van der Waals surface area (Å²) in [7, 11) is -3.94. The molecule has 2 atom stereocenters. The maximum absolute atomic E-state index is 12.8. The summed E-state index contributed by atoms with van der Waals surface area (Å²) in [5.41, 5.74) is -0.438. The summed E-state index contributed by atoms with van der Waals surface area (Å²) >= 11 is 5.84. The largest absolute Gasteiger partial charge is 0.310 e. The van der Waals surface area contributed by atoms with E-state index in [0.717, 1.165) is 25.0 Å². The molecule has 0 radical (unpaired) electrons. The fraction of sp³-hybridized carbons (Fsp3) is 0.538. The van der Waals surface area contributed by atoms with Crippen LogP contribution in [0.2, 0.25) is 5.02 Å². The molecule has 3 rings (SSSR count). The van der Waals surface area contributed by atoms with Crippen LogP contribution in [0.25, 0.3) is 0 Å². The van der Waals surface area contributed by atoms with Crippen molar-refractivity contribution in [3.63, 3.8) is 0 Å². The molecule has 1 aromatic rings. The highest BCUT2D eigenvalue weighted by molar-refractivity contribution is 7.89. The van der Waals surface area contributed by atoms with E-state index in [2.05, 4.69) is 5.32 Å². The third kappa shape index (κ3) is 3.61. The van der Waals surface area contributed by atoms with E-state index in [0.29, 0.717) is 25.6 Å². The van der Waals surface area contributed by atoms with Crippen molar-refractivity contribution in [2.75, 3.05) is 13.1 Å². The lowest BCUT2D eigenvalue weighted by atomic mass is 10.1. The monoisotopic (exact) mass is 381 g/mol. The number of halogens is 2. The predicted molar refractivity (Wildman–Crippen MR) is 88.7 cm³/mol. The summed E-state index contributed by atoms with van der Waals surface area (Å²) < 4.78 is 27.0.